The van der Waals surface area contributed by atoms with Crippen molar-refractivity contribution in [3.63, 3.8) is 0 Å². The standard InChI is InChI=1S/C40H78P/c1-3-5-7-9-11-13-15-17-19-21-23-25-27-29-31-33-35-37-39-41-40-38-36-34-32-30-28-26-24-22-20-18-16-14-12-10-8-6-4-2/h37-40H,3-36H2,1-2H3/b39-37+,40-38+. The van der Waals surface area contributed by atoms with Crippen LogP contribution in [-0.4, -0.2) is 0 Å². The highest BCUT2D eigenvalue weighted by atomic mass is 31.1. The fourth-order valence-electron chi connectivity index (χ4n) is 5.94. The first-order valence-electron chi connectivity index (χ1n) is 19.4. The highest BCUT2D eigenvalue weighted by Crippen LogP contribution is 2.18. The van der Waals surface area contributed by atoms with Gasteiger partial charge in [-0.1, -0.05) is 230 Å². The fourth-order valence-corrected chi connectivity index (χ4v) is 6.58. The third kappa shape index (κ3) is 39.9. The third-order valence-electron chi connectivity index (χ3n) is 8.83. The van der Waals surface area contributed by atoms with Gasteiger partial charge in [0, 0.05) is 0 Å². The molecule has 0 fully saturated rings. The minimum Gasteiger partial charge on any atom is -0.0834 e. The van der Waals surface area contributed by atoms with Crippen LogP contribution in [0.2, 0.25) is 0 Å². The van der Waals surface area contributed by atoms with Crippen molar-refractivity contribution in [1.29, 1.82) is 0 Å². The molecule has 0 atom stereocenters. The summed E-state index contributed by atoms with van der Waals surface area (Å²) in [6.45, 7) is 4.61. The van der Waals surface area contributed by atoms with Gasteiger partial charge in [-0.3, -0.25) is 0 Å². The molecule has 0 aromatic rings. The highest BCUT2D eigenvalue weighted by Gasteiger charge is 1.96. The lowest BCUT2D eigenvalue weighted by Crippen LogP contribution is -1.83. The highest BCUT2D eigenvalue weighted by molar-refractivity contribution is 7.45. The van der Waals surface area contributed by atoms with Crippen LogP contribution in [-0.2, 0) is 0 Å². The van der Waals surface area contributed by atoms with Gasteiger partial charge in [-0.15, -0.1) is 0 Å². The zero-order valence-electron chi connectivity index (χ0n) is 28.8. The molecule has 0 spiro atoms. The van der Waals surface area contributed by atoms with Gasteiger partial charge in [0.05, 0.1) is 0 Å². The molecule has 41 heavy (non-hydrogen) atoms. The minimum atomic E-state index is 1.28. The molecule has 243 valence electrons. The average molecular weight is 590 g/mol. The van der Waals surface area contributed by atoms with Gasteiger partial charge in [-0.05, 0) is 34.3 Å². The van der Waals surface area contributed by atoms with Crippen LogP contribution in [0.5, 0.6) is 0 Å². The van der Waals surface area contributed by atoms with E-state index in [1.165, 1.54) is 227 Å². The summed E-state index contributed by atoms with van der Waals surface area (Å²) in [5.74, 6) is 4.71. The SMILES string of the molecule is CCCCCCCCCCCCCCCCCC/C=C/[P]/C=C/CCCCCCCCCCCCCCCCCC. The van der Waals surface area contributed by atoms with E-state index in [-0.39, 0.29) is 0 Å². The molecule has 0 aliphatic heterocycles. The number of hydrogen-bond donors (Lipinski definition) is 0. The molecule has 0 bridgehead atoms. The molecule has 0 rings (SSSR count). The average Bonchev–Trinajstić information content (AvgIpc) is 2.98. The molecule has 0 aromatic heterocycles. The summed E-state index contributed by atoms with van der Waals surface area (Å²) < 4.78 is 0. The first-order chi connectivity index (χ1) is 20.4. The fraction of sp³-hybridized carbons (Fsp3) is 0.900. The van der Waals surface area contributed by atoms with Gasteiger partial charge in [-0.2, -0.15) is 0 Å². The van der Waals surface area contributed by atoms with Crippen LogP contribution in [0.1, 0.15) is 232 Å². The van der Waals surface area contributed by atoms with Gasteiger partial charge in [0.25, 0.3) is 0 Å². The van der Waals surface area contributed by atoms with E-state index in [9.17, 15) is 0 Å². The largest absolute Gasteiger partial charge is 0.0834 e. The molecule has 0 nitrogen and oxygen atoms in total. The molecule has 1 radical (unpaired) electrons. The molecule has 0 aliphatic carbocycles. The molecule has 0 saturated carbocycles. The maximum absolute atomic E-state index is 2.41. The number of allylic oxidation sites excluding steroid dienone is 2. The Labute approximate surface area is 264 Å². The van der Waals surface area contributed by atoms with Crippen LogP contribution >= 0.6 is 8.58 Å². The van der Waals surface area contributed by atoms with E-state index in [0.717, 1.165) is 0 Å². The van der Waals surface area contributed by atoms with Crippen LogP contribution in [0, 0.1) is 0 Å². The van der Waals surface area contributed by atoms with Gasteiger partial charge < -0.3 is 0 Å². The predicted octanol–water partition coefficient (Wildman–Crippen LogP) is 16.3. The molecular weight excluding hydrogens is 511 g/mol. The Kier molecular flexibility index (Phi) is 39.8. The van der Waals surface area contributed by atoms with E-state index in [1.54, 1.807) is 0 Å². The molecule has 0 saturated heterocycles. The quantitative estimate of drug-likeness (QED) is 0.0503. The zero-order chi connectivity index (χ0) is 29.6. The normalized spacial score (nSPS) is 12.0. The molecule has 0 amide bonds. The first-order valence-corrected chi connectivity index (χ1v) is 20.4. The first kappa shape index (κ1) is 40.9. The Balaban J connectivity index is 3.14. The summed E-state index contributed by atoms with van der Waals surface area (Å²) in [6, 6.07) is 0. The van der Waals surface area contributed by atoms with Gasteiger partial charge in [-0.25, -0.2) is 0 Å². The Morgan fingerprint density at radius 2 is 0.463 bits per heavy atom. The van der Waals surface area contributed by atoms with Crippen LogP contribution in [0.3, 0.4) is 0 Å². The Morgan fingerprint density at radius 3 is 0.683 bits per heavy atom. The summed E-state index contributed by atoms with van der Waals surface area (Å²) >= 11 is 0. The van der Waals surface area contributed by atoms with Crippen LogP contribution in [0.25, 0.3) is 0 Å². The number of hydrogen-bond acceptors (Lipinski definition) is 0. The molecule has 0 aromatic carbocycles. The van der Waals surface area contributed by atoms with Gasteiger partial charge >= 0.3 is 0 Å². The van der Waals surface area contributed by atoms with Crippen LogP contribution in [0.15, 0.2) is 23.8 Å². The monoisotopic (exact) mass is 590 g/mol. The van der Waals surface area contributed by atoms with Crippen molar-refractivity contribution < 1.29 is 0 Å². The third-order valence-corrected chi connectivity index (χ3v) is 9.60. The Bertz CT molecular complexity index is 449. The zero-order valence-corrected chi connectivity index (χ0v) is 29.7. The lowest BCUT2D eigenvalue weighted by Gasteiger charge is -2.03. The van der Waals surface area contributed by atoms with E-state index >= 15 is 0 Å². The number of rotatable bonds is 36. The molecule has 0 unspecified atom stereocenters. The van der Waals surface area contributed by atoms with Crippen LogP contribution < -0.4 is 0 Å². The second kappa shape index (κ2) is 39.9. The maximum Gasteiger partial charge on any atom is -0.0267 e. The topological polar surface area (TPSA) is 0 Å². The number of unbranched alkanes of at least 4 members (excludes halogenated alkanes) is 32. The summed E-state index contributed by atoms with van der Waals surface area (Å²) in [4.78, 5) is 0. The van der Waals surface area contributed by atoms with E-state index < -0.39 is 0 Å². The lowest BCUT2D eigenvalue weighted by atomic mass is 10.0. The van der Waals surface area contributed by atoms with E-state index in [0.29, 0.717) is 0 Å². The molecular formula is C40H78P. The van der Waals surface area contributed by atoms with Gasteiger partial charge in [0.2, 0.25) is 0 Å². The summed E-state index contributed by atoms with van der Waals surface area (Å²) in [6.07, 6.45) is 53.9. The predicted molar refractivity (Wildman–Crippen MR) is 194 cm³/mol. The van der Waals surface area contributed by atoms with Crippen molar-refractivity contribution in [2.75, 3.05) is 0 Å². The molecule has 0 aliphatic rings. The molecule has 0 heterocycles. The van der Waals surface area contributed by atoms with Crippen molar-refractivity contribution in [2.45, 2.75) is 232 Å². The second-order valence-electron chi connectivity index (χ2n) is 13.1. The van der Waals surface area contributed by atoms with E-state index in [1.807, 2.05) is 0 Å². The summed E-state index contributed by atoms with van der Waals surface area (Å²) in [5.41, 5.74) is 0. The maximum atomic E-state index is 2.41. The Hall–Kier alpha value is -0.0900. The lowest BCUT2D eigenvalue weighted by molar-refractivity contribution is 0.530. The van der Waals surface area contributed by atoms with Gasteiger partial charge in [0.15, 0.2) is 0 Å². The van der Waals surface area contributed by atoms with Crippen molar-refractivity contribution in [3.05, 3.63) is 23.8 Å². The van der Waals surface area contributed by atoms with Crippen molar-refractivity contribution in [3.8, 4) is 0 Å². The van der Waals surface area contributed by atoms with Crippen molar-refractivity contribution in [1.82, 2.24) is 0 Å². The molecule has 0 N–H and O–H groups in total. The van der Waals surface area contributed by atoms with Crippen LogP contribution in [0.4, 0.5) is 0 Å². The molecule has 1 heteroatoms. The van der Waals surface area contributed by atoms with E-state index in [2.05, 4.69) is 37.6 Å². The summed E-state index contributed by atoms with van der Waals surface area (Å²) in [7, 11) is 1.38. The summed E-state index contributed by atoms with van der Waals surface area (Å²) in [5, 5.41) is 0. The second-order valence-corrected chi connectivity index (χ2v) is 14.0. The van der Waals surface area contributed by atoms with E-state index in [4.69, 9.17) is 0 Å². The van der Waals surface area contributed by atoms with Gasteiger partial charge in [0.1, 0.15) is 0 Å². The smallest absolute Gasteiger partial charge is 0.0267 e. The minimum absolute atomic E-state index is 1.28. The Morgan fingerprint density at radius 1 is 0.268 bits per heavy atom. The van der Waals surface area contributed by atoms with Crippen molar-refractivity contribution in [2.24, 2.45) is 0 Å². The van der Waals surface area contributed by atoms with Crippen molar-refractivity contribution >= 4 is 8.58 Å².